The van der Waals surface area contributed by atoms with Crippen molar-refractivity contribution in [1.29, 1.82) is 0 Å². The molecule has 1 heterocycles. The quantitative estimate of drug-likeness (QED) is 0.824. The van der Waals surface area contributed by atoms with E-state index < -0.39 is 0 Å². The van der Waals surface area contributed by atoms with Crippen molar-refractivity contribution in [3.63, 3.8) is 0 Å². The van der Waals surface area contributed by atoms with Crippen LogP contribution in [0.2, 0.25) is 0 Å². The molecule has 0 spiro atoms. The molecule has 1 amide bonds. The lowest BCUT2D eigenvalue weighted by Gasteiger charge is -2.08. The van der Waals surface area contributed by atoms with Crippen molar-refractivity contribution >= 4 is 22.9 Å². The average Bonchev–Trinajstić information content (AvgIpc) is 2.91. The molecule has 0 saturated carbocycles. The summed E-state index contributed by atoms with van der Waals surface area (Å²) in [6.07, 6.45) is 0.833. The maximum Gasteiger partial charge on any atom is 0.253 e. The molecular weight excluding hydrogens is 260 g/mol. The minimum absolute atomic E-state index is 0.156. The fourth-order valence-corrected chi connectivity index (χ4v) is 2.43. The molecule has 0 saturated heterocycles. The highest BCUT2D eigenvalue weighted by atomic mass is 32.1. The second kappa shape index (κ2) is 6.24. The third-order valence-corrected chi connectivity index (χ3v) is 3.68. The standard InChI is InChI=1S/C14H16N2O2S/c1-18-10-4-5-12(13(15)9-10)14(17)16-7-6-11-3-2-8-19-11/h2-5,8-9H,6-7,15H2,1H3,(H,16,17). The van der Waals surface area contributed by atoms with Crippen LogP contribution >= 0.6 is 11.3 Å². The van der Waals surface area contributed by atoms with Crippen molar-refractivity contribution in [3.05, 3.63) is 46.2 Å². The van der Waals surface area contributed by atoms with Gasteiger partial charge in [0.2, 0.25) is 0 Å². The number of anilines is 1. The number of hydrogen-bond donors (Lipinski definition) is 2. The van der Waals surface area contributed by atoms with Crippen molar-refractivity contribution in [3.8, 4) is 5.75 Å². The second-order valence-electron chi connectivity index (χ2n) is 4.04. The Bertz CT molecular complexity index is 553. The molecule has 2 aromatic rings. The summed E-state index contributed by atoms with van der Waals surface area (Å²) in [5, 5.41) is 4.89. The molecule has 3 N–H and O–H groups in total. The number of hydrogen-bond acceptors (Lipinski definition) is 4. The number of amides is 1. The maximum atomic E-state index is 12.0. The van der Waals surface area contributed by atoms with E-state index in [-0.39, 0.29) is 5.91 Å². The Morgan fingerprint density at radius 3 is 2.89 bits per heavy atom. The van der Waals surface area contributed by atoms with Gasteiger partial charge in [-0.1, -0.05) is 6.07 Å². The van der Waals surface area contributed by atoms with Gasteiger partial charge in [0, 0.05) is 23.2 Å². The second-order valence-corrected chi connectivity index (χ2v) is 5.07. The maximum absolute atomic E-state index is 12.0. The number of nitrogen functional groups attached to an aromatic ring is 1. The zero-order valence-corrected chi connectivity index (χ0v) is 11.5. The zero-order chi connectivity index (χ0) is 13.7. The van der Waals surface area contributed by atoms with Gasteiger partial charge in [-0.15, -0.1) is 11.3 Å². The predicted octanol–water partition coefficient (Wildman–Crippen LogP) is 2.31. The SMILES string of the molecule is COc1ccc(C(=O)NCCc2cccs2)c(N)c1. The number of thiophene rings is 1. The van der Waals surface area contributed by atoms with Crippen LogP contribution in [0.5, 0.6) is 5.75 Å². The summed E-state index contributed by atoms with van der Waals surface area (Å²) in [5.41, 5.74) is 6.73. The molecule has 0 unspecified atom stereocenters. The van der Waals surface area contributed by atoms with Gasteiger partial charge in [0.05, 0.1) is 12.7 Å². The third kappa shape index (κ3) is 3.48. The topological polar surface area (TPSA) is 64.3 Å². The first-order chi connectivity index (χ1) is 9.20. The molecule has 1 aromatic carbocycles. The summed E-state index contributed by atoms with van der Waals surface area (Å²) in [6.45, 7) is 0.602. The number of nitrogens with one attached hydrogen (secondary N) is 1. The molecule has 0 radical (unpaired) electrons. The number of nitrogens with two attached hydrogens (primary N) is 1. The van der Waals surface area contributed by atoms with Gasteiger partial charge in [-0.05, 0) is 30.0 Å². The summed E-state index contributed by atoms with van der Waals surface area (Å²) in [6, 6.07) is 9.11. The van der Waals surface area contributed by atoms with E-state index in [4.69, 9.17) is 10.5 Å². The van der Waals surface area contributed by atoms with Crippen molar-refractivity contribution in [1.82, 2.24) is 5.32 Å². The molecule has 0 aliphatic carbocycles. The highest BCUT2D eigenvalue weighted by molar-refractivity contribution is 7.09. The summed E-state index contributed by atoms with van der Waals surface area (Å²) < 4.78 is 5.05. The van der Waals surface area contributed by atoms with E-state index in [1.165, 1.54) is 4.88 Å². The number of rotatable bonds is 5. The fourth-order valence-electron chi connectivity index (χ4n) is 1.72. The van der Waals surface area contributed by atoms with Crippen molar-refractivity contribution in [2.45, 2.75) is 6.42 Å². The molecule has 4 nitrogen and oxygen atoms in total. The molecule has 5 heteroatoms. The van der Waals surface area contributed by atoms with Gasteiger partial charge >= 0.3 is 0 Å². The highest BCUT2D eigenvalue weighted by Gasteiger charge is 2.09. The van der Waals surface area contributed by atoms with Crippen LogP contribution in [0.1, 0.15) is 15.2 Å². The van der Waals surface area contributed by atoms with Crippen LogP contribution in [0.25, 0.3) is 0 Å². The molecule has 100 valence electrons. The third-order valence-electron chi connectivity index (χ3n) is 2.74. The lowest BCUT2D eigenvalue weighted by molar-refractivity contribution is 0.0955. The van der Waals surface area contributed by atoms with Crippen molar-refractivity contribution < 1.29 is 9.53 Å². The molecule has 19 heavy (non-hydrogen) atoms. The zero-order valence-electron chi connectivity index (χ0n) is 10.7. The van der Waals surface area contributed by atoms with Crippen LogP contribution in [0, 0.1) is 0 Å². The Morgan fingerprint density at radius 2 is 2.26 bits per heavy atom. The fraction of sp³-hybridized carbons (Fsp3) is 0.214. The summed E-state index contributed by atoms with van der Waals surface area (Å²) >= 11 is 1.69. The molecule has 1 aromatic heterocycles. The van der Waals surface area contributed by atoms with E-state index in [2.05, 4.69) is 11.4 Å². The highest BCUT2D eigenvalue weighted by Crippen LogP contribution is 2.19. The summed E-state index contributed by atoms with van der Waals surface area (Å²) in [7, 11) is 1.57. The number of carbonyl (C=O) groups excluding carboxylic acids is 1. The van der Waals surface area contributed by atoms with Crippen LogP contribution in [0.3, 0.4) is 0 Å². The lowest BCUT2D eigenvalue weighted by atomic mass is 10.1. The average molecular weight is 276 g/mol. The van der Waals surface area contributed by atoms with Crippen LogP contribution < -0.4 is 15.8 Å². The minimum Gasteiger partial charge on any atom is -0.497 e. The van der Waals surface area contributed by atoms with Gasteiger partial charge in [-0.25, -0.2) is 0 Å². The van der Waals surface area contributed by atoms with Gasteiger partial charge in [-0.3, -0.25) is 4.79 Å². The first kappa shape index (κ1) is 13.4. The van der Waals surface area contributed by atoms with E-state index in [1.807, 2.05) is 11.4 Å². The van der Waals surface area contributed by atoms with Gasteiger partial charge in [-0.2, -0.15) is 0 Å². The molecular formula is C14H16N2O2S. The van der Waals surface area contributed by atoms with Crippen molar-refractivity contribution in [2.24, 2.45) is 0 Å². The van der Waals surface area contributed by atoms with Gasteiger partial charge < -0.3 is 15.8 Å². The predicted molar refractivity (Wildman–Crippen MR) is 77.8 cm³/mol. The lowest BCUT2D eigenvalue weighted by Crippen LogP contribution is -2.26. The Morgan fingerprint density at radius 1 is 1.42 bits per heavy atom. The smallest absolute Gasteiger partial charge is 0.253 e. The van der Waals surface area contributed by atoms with Gasteiger partial charge in [0.15, 0.2) is 0 Å². The van der Waals surface area contributed by atoms with E-state index in [0.717, 1.165) is 6.42 Å². The Balaban J connectivity index is 1.92. The largest absolute Gasteiger partial charge is 0.497 e. The first-order valence-corrected chi connectivity index (χ1v) is 6.83. The summed E-state index contributed by atoms with van der Waals surface area (Å²) in [4.78, 5) is 13.2. The monoisotopic (exact) mass is 276 g/mol. The van der Waals surface area contributed by atoms with E-state index >= 15 is 0 Å². The number of methoxy groups -OCH3 is 1. The van der Waals surface area contributed by atoms with Crippen LogP contribution in [-0.4, -0.2) is 19.6 Å². The Kier molecular flexibility index (Phi) is 4.41. The number of ether oxygens (including phenoxy) is 1. The molecule has 2 rings (SSSR count). The molecule has 0 fully saturated rings. The molecule has 0 aliphatic rings. The van der Waals surface area contributed by atoms with Crippen LogP contribution in [-0.2, 0) is 6.42 Å². The van der Waals surface area contributed by atoms with Crippen molar-refractivity contribution in [2.75, 3.05) is 19.4 Å². The first-order valence-electron chi connectivity index (χ1n) is 5.95. The van der Waals surface area contributed by atoms with Crippen LogP contribution in [0.15, 0.2) is 35.7 Å². The Labute approximate surface area is 116 Å². The normalized spacial score (nSPS) is 10.2. The summed E-state index contributed by atoms with van der Waals surface area (Å²) in [5.74, 6) is 0.490. The molecule has 0 bridgehead atoms. The number of benzene rings is 1. The Hall–Kier alpha value is -2.01. The van der Waals surface area contributed by atoms with Crippen LogP contribution in [0.4, 0.5) is 5.69 Å². The van der Waals surface area contributed by atoms with E-state index in [9.17, 15) is 4.79 Å². The minimum atomic E-state index is -0.156. The molecule has 0 aliphatic heterocycles. The van der Waals surface area contributed by atoms with Gasteiger partial charge in [0.25, 0.3) is 5.91 Å². The van der Waals surface area contributed by atoms with Gasteiger partial charge in [0.1, 0.15) is 5.75 Å². The van der Waals surface area contributed by atoms with E-state index in [0.29, 0.717) is 23.5 Å². The van der Waals surface area contributed by atoms with E-state index in [1.54, 1.807) is 36.6 Å². The number of carbonyl (C=O) groups is 1. The molecule has 0 atom stereocenters.